The molecular weight excluding hydrogens is 318 g/mol. The summed E-state index contributed by atoms with van der Waals surface area (Å²) < 4.78 is 12.0. The van der Waals surface area contributed by atoms with E-state index in [0.717, 1.165) is 10.5 Å². The molecule has 0 saturated carbocycles. The van der Waals surface area contributed by atoms with E-state index in [0.29, 0.717) is 23.7 Å². The van der Waals surface area contributed by atoms with Gasteiger partial charge in [0.2, 0.25) is 5.91 Å². The van der Waals surface area contributed by atoms with Crippen LogP contribution in [0.1, 0.15) is 11.1 Å². The van der Waals surface area contributed by atoms with Gasteiger partial charge in [0, 0.05) is 22.2 Å². The van der Waals surface area contributed by atoms with Crippen LogP contribution in [0.4, 0.5) is 0 Å². The first-order chi connectivity index (χ1) is 10.5. The molecule has 0 aliphatic rings. The Bertz CT molecular complexity index is 653. The highest BCUT2D eigenvalue weighted by Crippen LogP contribution is 2.12. The lowest BCUT2D eigenvalue weighted by Gasteiger charge is -2.06. The third-order valence-corrected chi connectivity index (χ3v) is 4.80. The summed E-state index contributed by atoms with van der Waals surface area (Å²) in [6.07, 6.45) is 0.341. The smallest absolute Gasteiger partial charge is 0.224 e. The van der Waals surface area contributed by atoms with E-state index in [1.54, 1.807) is 24.3 Å². The Morgan fingerprint density at radius 2 is 1.73 bits per heavy atom. The molecule has 0 fully saturated rings. The topological polar surface area (TPSA) is 46.2 Å². The SMILES string of the molecule is Cc1ccc(CC(=O)NCC[S@](=O)c2ccc(Cl)cc2)cc1. The van der Waals surface area contributed by atoms with Crippen LogP contribution < -0.4 is 5.32 Å². The minimum absolute atomic E-state index is 0.0584. The first-order valence-electron chi connectivity index (χ1n) is 7.01. The molecule has 1 amide bonds. The predicted molar refractivity (Wildman–Crippen MR) is 90.6 cm³/mol. The van der Waals surface area contributed by atoms with Gasteiger partial charge in [0.15, 0.2) is 0 Å². The van der Waals surface area contributed by atoms with Gasteiger partial charge in [-0.05, 0) is 36.8 Å². The second kappa shape index (κ2) is 8.11. The summed E-state index contributed by atoms with van der Waals surface area (Å²) in [6.45, 7) is 2.40. The van der Waals surface area contributed by atoms with E-state index in [4.69, 9.17) is 11.6 Å². The number of rotatable bonds is 6. The monoisotopic (exact) mass is 335 g/mol. The molecule has 0 spiro atoms. The van der Waals surface area contributed by atoms with Gasteiger partial charge >= 0.3 is 0 Å². The molecule has 2 aromatic carbocycles. The average Bonchev–Trinajstić information content (AvgIpc) is 2.50. The molecule has 22 heavy (non-hydrogen) atoms. The molecule has 0 aliphatic carbocycles. The van der Waals surface area contributed by atoms with Gasteiger partial charge in [-0.1, -0.05) is 41.4 Å². The maximum Gasteiger partial charge on any atom is 0.224 e. The molecule has 0 unspecified atom stereocenters. The fourth-order valence-electron chi connectivity index (χ4n) is 1.94. The van der Waals surface area contributed by atoms with Gasteiger partial charge < -0.3 is 5.32 Å². The van der Waals surface area contributed by atoms with Gasteiger partial charge in [-0.2, -0.15) is 0 Å². The maximum absolute atomic E-state index is 12.0. The van der Waals surface area contributed by atoms with Crippen LogP contribution >= 0.6 is 11.6 Å². The van der Waals surface area contributed by atoms with Gasteiger partial charge in [-0.3, -0.25) is 9.00 Å². The van der Waals surface area contributed by atoms with Gasteiger partial charge in [0.05, 0.1) is 17.2 Å². The Morgan fingerprint density at radius 1 is 1.09 bits per heavy atom. The van der Waals surface area contributed by atoms with Crippen LogP contribution in [0.15, 0.2) is 53.4 Å². The van der Waals surface area contributed by atoms with Crippen molar-refractivity contribution in [3.63, 3.8) is 0 Å². The van der Waals surface area contributed by atoms with Crippen LogP contribution in [0, 0.1) is 6.92 Å². The lowest BCUT2D eigenvalue weighted by molar-refractivity contribution is -0.120. The maximum atomic E-state index is 12.0. The zero-order valence-electron chi connectivity index (χ0n) is 12.3. The third-order valence-electron chi connectivity index (χ3n) is 3.17. The van der Waals surface area contributed by atoms with Crippen molar-refractivity contribution in [2.24, 2.45) is 0 Å². The fourth-order valence-corrected chi connectivity index (χ4v) is 3.03. The largest absolute Gasteiger partial charge is 0.355 e. The molecule has 2 rings (SSSR count). The molecule has 0 aliphatic heterocycles. The van der Waals surface area contributed by atoms with Crippen molar-refractivity contribution in [3.05, 3.63) is 64.7 Å². The van der Waals surface area contributed by atoms with Crippen molar-refractivity contribution in [2.45, 2.75) is 18.2 Å². The Hall–Kier alpha value is -1.65. The molecule has 1 N–H and O–H groups in total. The molecule has 0 radical (unpaired) electrons. The Labute approximate surface area is 138 Å². The van der Waals surface area contributed by atoms with Crippen LogP contribution in [0.2, 0.25) is 5.02 Å². The Kier molecular flexibility index (Phi) is 6.16. The fraction of sp³-hybridized carbons (Fsp3) is 0.235. The number of aryl methyl sites for hydroxylation is 1. The van der Waals surface area contributed by atoms with Crippen molar-refractivity contribution in [3.8, 4) is 0 Å². The number of nitrogens with one attached hydrogen (secondary N) is 1. The summed E-state index contributed by atoms with van der Waals surface area (Å²) in [4.78, 5) is 12.6. The zero-order chi connectivity index (χ0) is 15.9. The number of hydrogen-bond acceptors (Lipinski definition) is 2. The van der Waals surface area contributed by atoms with Gasteiger partial charge in [0.25, 0.3) is 0 Å². The van der Waals surface area contributed by atoms with Gasteiger partial charge in [0.1, 0.15) is 0 Å². The predicted octanol–water partition coefficient (Wildman–Crippen LogP) is 3.11. The standard InChI is InChI=1S/C17H18ClNO2S/c1-13-2-4-14(5-3-13)12-17(20)19-10-11-22(21)16-8-6-15(18)7-9-16/h2-9H,10-12H2,1H3,(H,19,20)/t22-/m0/s1. The second-order valence-electron chi connectivity index (χ2n) is 5.02. The molecule has 0 heterocycles. The lowest BCUT2D eigenvalue weighted by atomic mass is 10.1. The van der Waals surface area contributed by atoms with Crippen LogP contribution in [-0.2, 0) is 22.0 Å². The van der Waals surface area contributed by atoms with Crippen molar-refractivity contribution >= 4 is 28.3 Å². The van der Waals surface area contributed by atoms with Gasteiger partial charge in [-0.15, -0.1) is 0 Å². The van der Waals surface area contributed by atoms with E-state index in [9.17, 15) is 9.00 Å². The molecule has 0 bridgehead atoms. The van der Waals surface area contributed by atoms with Crippen molar-refractivity contribution < 1.29 is 9.00 Å². The minimum Gasteiger partial charge on any atom is -0.355 e. The highest BCUT2D eigenvalue weighted by atomic mass is 35.5. The molecular formula is C17H18ClNO2S. The van der Waals surface area contributed by atoms with E-state index in [-0.39, 0.29) is 5.91 Å². The average molecular weight is 336 g/mol. The Morgan fingerprint density at radius 3 is 2.36 bits per heavy atom. The summed E-state index contributed by atoms with van der Waals surface area (Å²) in [7, 11) is -1.13. The third kappa shape index (κ3) is 5.28. The summed E-state index contributed by atoms with van der Waals surface area (Å²) in [5, 5.41) is 3.42. The summed E-state index contributed by atoms with van der Waals surface area (Å²) in [5.74, 6) is 0.332. The minimum atomic E-state index is -1.13. The molecule has 5 heteroatoms. The Balaban J connectivity index is 1.75. The van der Waals surface area contributed by atoms with E-state index in [2.05, 4.69) is 5.32 Å². The first kappa shape index (κ1) is 16.7. The first-order valence-corrected chi connectivity index (χ1v) is 8.70. The van der Waals surface area contributed by atoms with Crippen LogP contribution in [0.25, 0.3) is 0 Å². The van der Waals surface area contributed by atoms with E-state index in [1.165, 1.54) is 5.56 Å². The summed E-state index contributed by atoms with van der Waals surface area (Å²) in [6, 6.07) is 14.8. The normalized spacial score (nSPS) is 11.9. The number of carbonyl (C=O) groups excluding carboxylic acids is 1. The number of halogens is 1. The highest BCUT2D eigenvalue weighted by molar-refractivity contribution is 7.85. The number of carbonyl (C=O) groups is 1. The van der Waals surface area contributed by atoms with Crippen LogP contribution in [0.5, 0.6) is 0 Å². The number of amides is 1. The highest BCUT2D eigenvalue weighted by Gasteiger charge is 2.06. The van der Waals surface area contributed by atoms with Crippen LogP contribution in [0.3, 0.4) is 0 Å². The van der Waals surface area contributed by atoms with Crippen molar-refractivity contribution in [1.82, 2.24) is 5.32 Å². The van der Waals surface area contributed by atoms with Crippen molar-refractivity contribution in [2.75, 3.05) is 12.3 Å². The van der Waals surface area contributed by atoms with E-state index in [1.807, 2.05) is 31.2 Å². The summed E-state index contributed by atoms with van der Waals surface area (Å²) in [5.41, 5.74) is 2.14. The van der Waals surface area contributed by atoms with Crippen LogP contribution in [-0.4, -0.2) is 22.4 Å². The molecule has 0 aromatic heterocycles. The summed E-state index contributed by atoms with van der Waals surface area (Å²) >= 11 is 5.79. The molecule has 116 valence electrons. The molecule has 3 nitrogen and oxygen atoms in total. The molecule has 0 saturated heterocycles. The number of benzene rings is 2. The van der Waals surface area contributed by atoms with E-state index < -0.39 is 10.8 Å². The zero-order valence-corrected chi connectivity index (χ0v) is 13.9. The molecule has 2 aromatic rings. The molecule has 1 atom stereocenters. The lowest BCUT2D eigenvalue weighted by Crippen LogP contribution is -2.29. The second-order valence-corrected chi connectivity index (χ2v) is 7.02. The number of hydrogen-bond donors (Lipinski definition) is 1. The quantitative estimate of drug-likeness (QED) is 0.881. The van der Waals surface area contributed by atoms with Gasteiger partial charge in [-0.25, -0.2) is 0 Å². The van der Waals surface area contributed by atoms with E-state index >= 15 is 0 Å². The van der Waals surface area contributed by atoms with Crippen molar-refractivity contribution in [1.29, 1.82) is 0 Å².